The Bertz CT molecular complexity index is 525. The van der Waals surface area contributed by atoms with E-state index in [9.17, 15) is 4.79 Å². The first-order chi connectivity index (χ1) is 10.9. The summed E-state index contributed by atoms with van der Waals surface area (Å²) in [6.45, 7) is 7.08. The third kappa shape index (κ3) is 5.20. The van der Waals surface area contributed by atoms with Crippen LogP contribution >= 0.6 is 0 Å². The highest BCUT2D eigenvalue weighted by Gasteiger charge is 2.27. The smallest absolute Gasteiger partial charge is 0.404 e. The van der Waals surface area contributed by atoms with Crippen molar-refractivity contribution in [2.24, 2.45) is 11.1 Å². The van der Waals surface area contributed by atoms with Gasteiger partial charge < -0.3 is 15.8 Å². The van der Waals surface area contributed by atoms with Gasteiger partial charge in [0.1, 0.15) is 6.10 Å². The summed E-state index contributed by atoms with van der Waals surface area (Å²) in [6.07, 6.45) is 6.22. The molecule has 0 radical (unpaired) electrons. The van der Waals surface area contributed by atoms with Crippen molar-refractivity contribution in [2.45, 2.75) is 65.0 Å². The summed E-state index contributed by atoms with van der Waals surface area (Å²) in [5, 5.41) is 3.60. The van der Waals surface area contributed by atoms with Crippen LogP contribution in [0.5, 0.6) is 0 Å². The number of carbonyl (C=O) groups excluding carboxylic acids is 1. The summed E-state index contributed by atoms with van der Waals surface area (Å²) in [7, 11) is 0. The molecule has 2 rings (SSSR count). The molecule has 23 heavy (non-hydrogen) atoms. The number of fused-ring (bicyclic) bond motifs is 1. The second kappa shape index (κ2) is 7.77. The molecule has 1 aromatic rings. The number of aromatic nitrogens is 1. The molecule has 1 aliphatic rings. The number of rotatable bonds is 6. The minimum Gasteiger partial charge on any atom is -0.446 e. The lowest BCUT2D eigenvalue weighted by Gasteiger charge is -2.30. The molecule has 0 aromatic carbocycles. The first-order valence-corrected chi connectivity index (χ1v) is 8.51. The Balaban J connectivity index is 1.82. The van der Waals surface area contributed by atoms with E-state index >= 15 is 0 Å². The molecular formula is C18H29N3O2. The van der Waals surface area contributed by atoms with Crippen LogP contribution in [0, 0.1) is 5.41 Å². The molecule has 0 aliphatic heterocycles. The molecule has 1 amide bonds. The fraction of sp³-hybridized carbons (Fsp3) is 0.667. The lowest BCUT2D eigenvalue weighted by molar-refractivity contribution is 0.0301. The third-order valence-electron chi connectivity index (χ3n) is 4.45. The molecule has 5 nitrogen and oxygen atoms in total. The van der Waals surface area contributed by atoms with E-state index in [-0.39, 0.29) is 11.5 Å². The maximum atomic E-state index is 11.0. The van der Waals surface area contributed by atoms with E-state index in [2.05, 4.69) is 37.1 Å². The number of hydrogen-bond acceptors (Lipinski definition) is 4. The van der Waals surface area contributed by atoms with E-state index in [0.717, 1.165) is 32.2 Å². The molecule has 1 aromatic heterocycles. The van der Waals surface area contributed by atoms with Gasteiger partial charge >= 0.3 is 6.09 Å². The molecule has 0 saturated carbocycles. The first kappa shape index (κ1) is 17.7. The van der Waals surface area contributed by atoms with E-state index in [1.165, 1.54) is 17.7 Å². The lowest BCUT2D eigenvalue weighted by atomic mass is 9.86. The van der Waals surface area contributed by atoms with Crippen molar-refractivity contribution in [3.63, 3.8) is 0 Å². The Hall–Kier alpha value is -1.62. The zero-order chi connectivity index (χ0) is 16.9. The topological polar surface area (TPSA) is 77.2 Å². The van der Waals surface area contributed by atoms with Gasteiger partial charge in [0.15, 0.2) is 0 Å². The van der Waals surface area contributed by atoms with Crippen molar-refractivity contribution < 1.29 is 9.53 Å². The van der Waals surface area contributed by atoms with Crippen LogP contribution in [0.15, 0.2) is 18.3 Å². The molecule has 1 aliphatic carbocycles. The SMILES string of the molecule is CC(C)(C)C(CCCNC1CCCc2cccnc21)OC(N)=O. The van der Waals surface area contributed by atoms with Crippen molar-refractivity contribution in [2.75, 3.05) is 6.54 Å². The van der Waals surface area contributed by atoms with Crippen LogP contribution in [0.4, 0.5) is 4.79 Å². The number of hydrogen-bond donors (Lipinski definition) is 2. The normalized spacial score (nSPS) is 19.0. The summed E-state index contributed by atoms with van der Waals surface area (Å²) in [6, 6.07) is 4.52. The van der Waals surface area contributed by atoms with Gasteiger partial charge in [-0.1, -0.05) is 26.8 Å². The Kier molecular flexibility index (Phi) is 5.99. The molecule has 128 valence electrons. The second-order valence-corrected chi connectivity index (χ2v) is 7.38. The Labute approximate surface area is 139 Å². The van der Waals surface area contributed by atoms with E-state index < -0.39 is 6.09 Å². The minimum atomic E-state index is -0.691. The highest BCUT2D eigenvalue weighted by molar-refractivity contribution is 5.64. The van der Waals surface area contributed by atoms with Crippen molar-refractivity contribution >= 4 is 6.09 Å². The monoisotopic (exact) mass is 319 g/mol. The number of pyridine rings is 1. The number of carbonyl (C=O) groups is 1. The standard InChI is InChI=1S/C18H29N3O2/c1-18(2,3)15(23-17(19)22)10-6-11-20-14-9-4-7-13-8-5-12-21-16(13)14/h5,8,12,14-15,20H,4,6-7,9-11H2,1-3H3,(H2,19,22). The summed E-state index contributed by atoms with van der Waals surface area (Å²) in [5.41, 5.74) is 7.63. The zero-order valence-corrected chi connectivity index (χ0v) is 14.5. The molecule has 2 atom stereocenters. The number of primary amides is 1. The summed E-state index contributed by atoms with van der Waals surface area (Å²) in [5.74, 6) is 0. The maximum absolute atomic E-state index is 11.0. The van der Waals surface area contributed by atoms with Gasteiger partial charge in [0, 0.05) is 12.2 Å². The van der Waals surface area contributed by atoms with Crippen LogP contribution in [0.2, 0.25) is 0 Å². The van der Waals surface area contributed by atoms with Crippen LogP contribution in [0.25, 0.3) is 0 Å². The molecule has 0 fully saturated rings. The average Bonchev–Trinajstić information content (AvgIpc) is 2.49. The van der Waals surface area contributed by atoms with Crippen molar-refractivity contribution in [1.29, 1.82) is 0 Å². The Morgan fingerprint density at radius 3 is 3.00 bits per heavy atom. The maximum Gasteiger partial charge on any atom is 0.404 e. The van der Waals surface area contributed by atoms with Crippen molar-refractivity contribution in [1.82, 2.24) is 10.3 Å². The predicted molar refractivity (Wildman–Crippen MR) is 91.1 cm³/mol. The fourth-order valence-corrected chi connectivity index (χ4v) is 3.18. The minimum absolute atomic E-state index is 0.103. The number of nitrogens with zero attached hydrogens (tertiary/aromatic N) is 1. The van der Waals surface area contributed by atoms with Crippen LogP contribution in [0.1, 0.15) is 63.8 Å². The lowest BCUT2D eigenvalue weighted by Crippen LogP contribution is -2.35. The second-order valence-electron chi connectivity index (χ2n) is 7.38. The number of amides is 1. The fourth-order valence-electron chi connectivity index (χ4n) is 3.18. The van der Waals surface area contributed by atoms with Crippen LogP contribution in [0.3, 0.4) is 0 Å². The average molecular weight is 319 g/mol. The number of nitrogens with two attached hydrogens (primary N) is 1. The van der Waals surface area contributed by atoms with E-state index in [0.29, 0.717) is 6.04 Å². The molecule has 3 N–H and O–H groups in total. The van der Waals surface area contributed by atoms with Gasteiger partial charge in [0.05, 0.1) is 5.69 Å². The Morgan fingerprint density at radius 1 is 1.52 bits per heavy atom. The van der Waals surface area contributed by atoms with Gasteiger partial charge in [0.2, 0.25) is 0 Å². The Morgan fingerprint density at radius 2 is 2.30 bits per heavy atom. The molecular weight excluding hydrogens is 290 g/mol. The van der Waals surface area contributed by atoms with Crippen LogP contribution in [-0.2, 0) is 11.2 Å². The highest BCUT2D eigenvalue weighted by atomic mass is 16.6. The van der Waals surface area contributed by atoms with Crippen LogP contribution < -0.4 is 11.1 Å². The highest BCUT2D eigenvalue weighted by Crippen LogP contribution is 2.28. The van der Waals surface area contributed by atoms with Crippen LogP contribution in [-0.4, -0.2) is 23.7 Å². The van der Waals surface area contributed by atoms with Crippen molar-refractivity contribution in [3.8, 4) is 0 Å². The molecule has 2 unspecified atom stereocenters. The van der Waals surface area contributed by atoms with Gasteiger partial charge in [-0.05, 0) is 55.7 Å². The van der Waals surface area contributed by atoms with E-state index in [1.807, 2.05) is 12.3 Å². The molecule has 0 spiro atoms. The third-order valence-corrected chi connectivity index (χ3v) is 4.45. The zero-order valence-electron chi connectivity index (χ0n) is 14.5. The molecule has 1 heterocycles. The first-order valence-electron chi connectivity index (χ1n) is 8.51. The van der Waals surface area contributed by atoms with Crippen molar-refractivity contribution in [3.05, 3.63) is 29.6 Å². The van der Waals surface area contributed by atoms with Gasteiger partial charge in [-0.15, -0.1) is 0 Å². The van der Waals surface area contributed by atoms with Gasteiger partial charge in [0.25, 0.3) is 0 Å². The number of aryl methyl sites for hydroxylation is 1. The quantitative estimate of drug-likeness (QED) is 0.788. The van der Waals surface area contributed by atoms with Gasteiger partial charge in [-0.2, -0.15) is 0 Å². The van der Waals surface area contributed by atoms with Gasteiger partial charge in [-0.3, -0.25) is 4.98 Å². The molecule has 5 heteroatoms. The number of nitrogens with one attached hydrogen (secondary N) is 1. The summed E-state index contributed by atoms with van der Waals surface area (Å²) in [4.78, 5) is 15.6. The molecule has 0 saturated heterocycles. The van der Waals surface area contributed by atoms with E-state index in [4.69, 9.17) is 10.5 Å². The van der Waals surface area contributed by atoms with Gasteiger partial charge in [-0.25, -0.2) is 4.79 Å². The van der Waals surface area contributed by atoms with E-state index in [1.54, 1.807) is 0 Å². The molecule has 0 bridgehead atoms. The number of ether oxygens (including phenoxy) is 1. The summed E-state index contributed by atoms with van der Waals surface area (Å²) < 4.78 is 5.26. The largest absolute Gasteiger partial charge is 0.446 e. The predicted octanol–water partition coefficient (Wildman–Crippen LogP) is 3.34. The summed E-state index contributed by atoms with van der Waals surface area (Å²) >= 11 is 0.